The lowest BCUT2D eigenvalue weighted by Crippen LogP contribution is -2.53. The second-order valence-corrected chi connectivity index (χ2v) is 8.03. The molecule has 2 aromatic rings. The minimum atomic E-state index is -3.65. The minimum Gasteiger partial charge on any atom is -0.450 e. The van der Waals surface area contributed by atoms with Gasteiger partial charge in [0.05, 0.1) is 6.61 Å². The average Bonchev–Trinajstić information content (AvgIpc) is 3.13. The summed E-state index contributed by atoms with van der Waals surface area (Å²) in [5.74, 6) is 1.47. The third-order valence-electron chi connectivity index (χ3n) is 4.45. The lowest BCUT2D eigenvalue weighted by Gasteiger charge is -2.33. The van der Waals surface area contributed by atoms with Crippen LogP contribution in [0.15, 0.2) is 30.7 Å². The molecule has 1 saturated heterocycles. The predicted octanol–water partition coefficient (Wildman–Crippen LogP) is 0.684. The van der Waals surface area contributed by atoms with Crippen LogP contribution in [0.2, 0.25) is 0 Å². The molecule has 0 aliphatic carbocycles. The minimum absolute atomic E-state index is 0.143. The molecule has 1 amide bonds. The first kappa shape index (κ1) is 20.2. The van der Waals surface area contributed by atoms with Crippen molar-refractivity contribution in [1.29, 1.82) is 0 Å². The molecule has 1 aliphatic heterocycles. The van der Waals surface area contributed by atoms with Crippen molar-refractivity contribution in [2.45, 2.75) is 20.4 Å². The van der Waals surface area contributed by atoms with Crippen molar-refractivity contribution in [2.75, 3.05) is 32.8 Å². The molecule has 0 bridgehead atoms. The summed E-state index contributed by atoms with van der Waals surface area (Å²) in [6, 6.07) is 3.58. The van der Waals surface area contributed by atoms with Crippen LogP contribution < -0.4 is 4.72 Å². The summed E-state index contributed by atoms with van der Waals surface area (Å²) in [5.41, 5.74) is 0.784. The maximum Gasteiger partial charge on any atom is 0.409 e. The first-order valence-corrected chi connectivity index (χ1v) is 10.5. The van der Waals surface area contributed by atoms with Gasteiger partial charge in [-0.2, -0.15) is 17.4 Å². The molecule has 0 atom stereocenters. The molecule has 0 unspecified atom stereocenters. The van der Waals surface area contributed by atoms with E-state index >= 15 is 0 Å². The van der Waals surface area contributed by atoms with E-state index < -0.39 is 16.3 Å². The SMILES string of the molecule is CCOC(=O)N1CCN(S(=O)(=O)NCc2ccnc(-n3ccnc3C)c2)CC1. The second-order valence-electron chi connectivity index (χ2n) is 6.28. The van der Waals surface area contributed by atoms with Crippen LogP contribution in [0, 0.1) is 6.92 Å². The molecule has 28 heavy (non-hydrogen) atoms. The van der Waals surface area contributed by atoms with E-state index in [1.807, 2.05) is 17.6 Å². The quantitative estimate of drug-likeness (QED) is 0.753. The zero-order valence-electron chi connectivity index (χ0n) is 15.9. The number of amides is 1. The van der Waals surface area contributed by atoms with Gasteiger partial charge in [-0.15, -0.1) is 0 Å². The highest BCUT2D eigenvalue weighted by molar-refractivity contribution is 7.87. The topological polar surface area (TPSA) is 110 Å². The van der Waals surface area contributed by atoms with Gasteiger partial charge in [-0.05, 0) is 31.5 Å². The number of rotatable bonds is 6. The molecule has 3 rings (SSSR count). The predicted molar refractivity (Wildman–Crippen MR) is 102 cm³/mol. The lowest BCUT2D eigenvalue weighted by atomic mass is 10.2. The molecule has 11 heteroatoms. The molecule has 1 N–H and O–H groups in total. The number of hydrogen-bond donors (Lipinski definition) is 1. The Bertz CT molecular complexity index is 921. The van der Waals surface area contributed by atoms with Gasteiger partial charge < -0.3 is 9.64 Å². The van der Waals surface area contributed by atoms with Crippen molar-refractivity contribution in [3.63, 3.8) is 0 Å². The molecular formula is C17H24N6O4S. The van der Waals surface area contributed by atoms with Crippen molar-refractivity contribution in [3.05, 3.63) is 42.1 Å². The third-order valence-corrected chi connectivity index (χ3v) is 6.00. The van der Waals surface area contributed by atoms with Crippen LogP contribution in [-0.2, 0) is 21.5 Å². The Morgan fingerprint density at radius 3 is 2.61 bits per heavy atom. The zero-order chi connectivity index (χ0) is 20.1. The standard InChI is InChI=1S/C17H24N6O4S/c1-3-27-17(24)21-8-10-22(11-9-21)28(25,26)20-13-15-4-5-19-16(12-15)23-7-6-18-14(23)2/h4-7,12,20H,3,8-11,13H2,1-2H3. The molecule has 3 heterocycles. The average molecular weight is 408 g/mol. The summed E-state index contributed by atoms with van der Waals surface area (Å²) in [6.45, 7) is 5.11. The second kappa shape index (κ2) is 8.67. The van der Waals surface area contributed by atoms with E-state index in [0.29, 0.717) is 25.5 Å². The number of hydrogen-bond acceptors (Lipinski definition) is 6. The fourth-order valence-corrected chi connectivity index (χ4v) is 4.09. The number of carbonyl (C=O) groups excluding carboxylic acids is 1. The zero-order valence-corrected chi connectivity index (χ0v) is 16.7. The van der Waals surface area contributed by atoms with E-state index in [1.54, 1.807) is 31.6 Å². The Balaban J connectivity index is 1.59. The van der Waals surface area contributed by atoms with Crippen molar-refractivity contribution in [1.82, 2.24) is 28.5 Å². The number of imidazole rings is 1. The maximum absolute atomic E-state index is 12.6. The van der Waals surface area contributed by atoms with Gasteiger partial charge in [0, 0.05) is 51.3 Å². The van der Waals surface area contributed by atoms with Crippen LogP contribution in [0.1, 0.15) is 18.3 Å². The molecule has 0 spiro atoms. The fourth-order valence-electron chi connectivity index (χ4n) is 2.91. The van der Waals surface area contributed by atoms with Crippen LogP contribution >= 0.6 is 0 Å². The number of aryl methyl sites for hydroxylation is 1. The molecule has 2 aromatic heterocycles. The summed E-state index contributed by atoms with van der Waals surface area (Å²) in [5, 5.41) is 0. The molecule has 0 saturated carbocycles. The van der Waals surface area contributed by atoms with Crippen molar-refractivity contribution < 1.29 is 17.9 Å². The molecule has 0 radical (unpaired) electrons. The number of piperazine rings is 1. The van der Waals surface area contributed by atoms with Gasteiger partial charge in [-0.25, -0.2) is 14.8 Å². The van der Waals surface area contributed by atoms with E-state index in [9.17, 15) is 13.2 Å². The van der Waals surface area contributed by atoms with Gasteiger partial charge in [-0.3, -0.25) is 4.57 Å². The summed E-state index contributed by atoms with van der Waals surface area (Å²) < 4.78 is 35.9. The lowest BCUT2D eigenvalue weighted by molar-refractivity contribution is 0.0932. The van der Waals surface area contributed by atoms with Gasteiger partial charge in [0.15, 0.2) is 0 Å². The van der Waals surface area contributed by atoms with Crippen molar-refractivity contribution in [2.24, 2.45) is 0 Å². The number of pyridine rings is 1. The van der Waals surface area contributed by atoms with Crippen molar-refractivity contribution in [3.8, 4) is 5.82 Å². The highest BCUT2D eigenvalue weighted by atomic mass is 32.2. The number of nitrogens with one attached hydrogen (secondary N) is 1. The van der Waals surface area contributed by atoms with Crippen LogP contribution in [0.5, 0.6) is 0 Å². The van der Waals surface area contributed by atoms with Gasteiger partial charge >= 0.3 is 6.09 Å². The highest BCUT2D eigenvalue weighted by Crippen LogP contribution is 2.11. The number of carbonyl (C=O) groups is 1. The molecule has 152 valence electrons. The molecular weight excluding hydrogens is 384 g/mol. The maximum atomic E-state index is 12.6. The van der Waals surface area contributed by atoms with Crippen LogP contribution in [0.4, 0.5) is 4.79 Å². The van der Waals surface area contributed by atoms with E-state index in [4.69, 9.17) is 4.74 Å². The fraction of sp³-hybridized carbons (Fsp3) is 0.471. The summed E-state index contributed by atoms with van der Waals surface area (Å²) in [4.78, 5) is 21.7. The van der Waals surface area contributed by atoms with E-state index in [-0.39, 0.29) is 19.6 Å². The van der Waals surface area contributed by atoms with E-state index in [1.165, 1.54) is 9.21 Å². The van der Waals surface area contributed by atoms with E-state index in [2.05, 4.69) is 14.7 Å². The summed E-state index contributed by atoms with van der Waals surface area (Å²) in [7, 11) is -3.65. The smallest absolute Gasteiger partial charge is 0.409 e. The van der Waals surface area contributed by atoms with Crippen LogP contribution in [0.3, 0.4) is 0 Å². The third kappa shape index (κ3) is 4.66. The Hall–Kier alpha value is -2.50. The number of aromatic nitrogens is 3. The van der Waals surface area contributed by atoms with E-state index in [0.717, 1.165) is 11.4 Å². The molecule has 1 fully saturated rings. The number of ether oxygens (including phenoxy) is 1. The summed E-state index contributed by atoms with van der Waals surface area (Å²) >= 11 is 0. The monoisotopic (exact) mass is 408 g/mol. The summed E-state index contributed by atoms with van der Waals surface area (Å²) in [6.07, 6.45) is 4.71. The highest BCUT2D eigenvalue weighted by Gasteiger charge is 2.29. The first-order valence-electron chi connectivity index (χ1n) is 9.02. The van der Waals surface area contributed by atoms with Crippen LogP contribution in [-0.4, -0.2) is 71.0 Å². The van der Waals surface area contributed by atoms with Gasteiger partial charge in [0.2, 0.25) is 0 Å². The Kier molecular flexibility index (Phi) is 6.27. The Labute approximate surface area is 164 Å². The molecule has 10 nitrogen and oxygen atoms in total. The molecule has 0 aromatic carbocycles. The van der Waals surface area contributed by atoms with Gasteiger partial charge in [0.25, 0.3) is 10.2 Å². The number of nitrogens with zero attached hydrogens (tertiary/aromatic N) is 5. The Morgan fingerprint density at radius 1 is 1.21 bits per heavy atom. The Morgan fingerprint density at radius 2 is 1.96 bits per heavy atom. The molecule has 1 aliphatic rings. The van der Waals surface area contributed by atoms with Crippen LogP contribution in [0.25, 0.3) is 5.82 Å². The first-order chi connectivity index (χ1) is 13.4. The van der Waals surface area contributed by atoms with Crippen molar-refractivity contribution >= 4 is 16.3 Å². The largest absolute Gasteiger partial charge is 0.450 e. The van der Waals surface area contributed by atoms with Gasteiger partial charge in [0.1, 0.15) is 11.6 Å². The normalized spacial score (nSPS) is 15.6. The van der Waals surface area contributed by atoms with Gasteiger partial charge in [-0.1, -0.05) is 0 Å².